The molecule has 2 aromatic rings. The summed E-state index contributed by atoms with van der Waals surface area (Å²) in [7, 11) is -4.72. The molecule has 0 aromatic heterocycles. The Kier molecular flexibility index (Phi) is 9.37. The number of hydroxylamine groups is 1. The molecule has 1 amide bonds. The van der Waals surface area contributed by atoms with Crippen LogP contribution in [0, 0.1) is 20.2 Å². The lowest BCUT2D eigenvalue weighted by atomic mass is 10.00. The number of hydrogen-bond acceptors (Lipinski definition) is 9. The highest BCUT2D eigenvalue weighted by molar-refractivity contribution is 7.89. The van der Waals surface area contributed by atoms with Gasteiger partial charge in [0.15, 0.2) is 4.90 Å². The first-order chi connectivity index (χ1) is 18.3. The molecule has 0 aliphatic carbocycles. The number of benzene rings is 2. The van der Waals surface area contributed by atoms with Crippen molar-refractivity contribution in [3.8, 4) is 0 Å². The van der Waals surface area contributed by atoms with Gasteiger partial charge in [0.05, 0.1) is 17.6 Å². The number of amides is 1. The van der Waals surface area contributed by atoms with Gasteiger partial charge in [-0.3, -0.25) is 25.1 Å². The zero-order valence-electron chi connectivity index (χ0n) is 21.8. The van der Waals surface area contributed by atoms with Gasteiger partial charge >= 0.3 is 6.09 Å². The van der Waals surface area contributed by atoms with Gasteiger partial charge in [0, 0.05) is 30.5 Å². The molecule has 0 spiro atoms. The highest BCUT2D eigenvalue weighted by Crippen LogP contribution is 2.32. The molecule has 13 nitrogen and oxygen atoms in total. The average Bonchev–Trinajstić information content (AvgIpc) is 2.87. The number of rotatable bonds is 10. The minimum atomic E-state index is -4.72. The van der Waals surface area contributed by atoms with Crippen molar-refractivity contribution in [2.75, 3.05) is 19.6 Å². The molecule has 1 heterocycles. The molecule has 210 valence electrons. The Hall–Kier alpha value is -3.88. The van der Waals surface area contributed by atoms with E-state index in [0.717, 1.165) is 12.1 Å². The summed E-state index contributed by atoms with van der Waals surface area (Å²) >= 11 is 0. The lowest BCUT2D eigenvalue weighted by molar-refractivity contribution is -0.479. The molecule has 1 unspecified atom stereocenters. The zero-order chi connectivity index (χ0) is 28.8. The highest BCUT2D eigenvalue weighted by Gasteiger charge is 2.42. The molecular weight excluding hydrogens is 532 g/mol. The maximum absolute atomic E-state index is 14.0. The average molecular weight is 563 g/mol. The van der Waals surface area contributed by atoms with E-state index in [4.69, 9.17) is 9.57 Å². The molecule has 0 saturated heterocycles. The summed E-state index contributed by atoms with van der Waals surface area (Å²) in [6.45, 7) is 4.08. The van der Waals surface area contributed by atoms with Crippen molar-refractivity contribution in [1.82, 2.24) is 9.37 Å². The minimum absolute atomic E-state index is 0.0243. The van der Waals surface area contributed by atoms with E-state index in [1.807, 2.05) is 0 Å². The molecule has 0 fully saturated rings. The van der Waals surface area contributed by atoms with Gasteiger partial charge in [0.2, 0.25) is 6.54 Å². The van der Waals surface area contributed by atoms with Crippen LogP contribution in [0.25, 0.3) is 0 Å². The van der Waals surface area contributed by atoms with Gasteiger partial charge in [-0.1, -0.05) is 53.0 Å². The molecule has 1 atom stereocenters. The standard InChI is InChI=1S/C25H30N4O9S/c1-25(2,3)38-24(30)26-15-13-20(14-16-27(31)32)22(17-26)29(37-18-19-9-5-4-6-10-19)39(35,36)23-12-8-7-11-21(23)28(33)34/h4-13,22H,14-18H2,1-3H3. The number of carbonyl (C=O) groups is 1. The second-order valence-corrected chi connectivity index (χ2v) is 11.5. The van der Waals surface area contributed by atoms with Gasteiger partial charge in [-0.15, -0.1) is 0 Å². The monoisotopic (exact) mass is 562 g/mol. The molecular formula is C25H30N4O9S. The van der Waals surface area contributed by atoms with Crippen LogP contribution in [0.2, 0.25) is 0 Å². The lowest BCUT2D eigenvalue weighted by Gasteiger charge is -2.38. The maximum atomic E-state index is 14.0. The smallest absolute Gasteiger partial charge is 0.410 e. The zero-order valence-corrected chi connectivity index (χ0v) is 22.6. The number of carbonyl (C=O) groups excluding carboxylic acids is 1. The van der Waals surface area contributed by atoms with Crippen molar-refractivity contribution in [3.63, 3.8) is 0 Å². The highest BCUT2D eigenvalue weighted by atomic mass is 32.2. The van der Waals surface area contributed by atoms with E-state index in [1.54, 1.807) is 51.1 Å². The number of hydrogen-bond donors (Lipinski definition) is 0. The van der Waals surface area contributed by atoms with E-state index in [9.17, 15) is 33.4 Å². The van der Waals surface area contributed by atoms with Crippen molar-refractivity contribution >= 4 is 21.8 Å². The molecule has 14 heteroatoms. The van der Waals surface area contributed by atoms with Gasteiger partial charge in [-0.2, -0.15) is 0 Å². The molecule has 3 rings (SSSR count). The first kappa shape index (κ1) is 29.7. The predicted molar refractivity (Wildman–Crippen MR) is 140 cm³/mol. The van der Waals surface area contributed by atoms with E-state index in [1.165, 1.54) is 23.1 Å². The molecule has 39 heavy (non-hydrogen) atoms. The first-order valence-electron chi connectivity index (χ1n) is 12.0. The van der Waals surface area contributed by atoms with E-state index in [0.29, 0.717) is 15.6 Å². The van der Waals surface area contributed by atoms with Crippen LogP contribution in [0.5, 0.6) is 0 Å². The maximum Gasteiger partial charge on any atom is 0.410 e. The summed E-state index contributed by atoms with van der Waals surface area (Å²) in [5.41, 5.74) is -0.554. The van der Waals surface area contributed by atoms with Gasteiger partial charge in [-0.05, 0) is 38.0 Å². The second-order valence-electron chi connectivity index (χ2n) is 9.73. The Balaban J connectivity index is 2.09. The van der Waals surface area contributed by atoms with Crippen LogP contribution >= 0.6 is 0 Å². The number of nitro groups is 2. The Morgan fingerprint density at radius 1 is 1.08 bits per heavy atom. The third kappa shape index (κ3) is 7.81. The fourth-order valence-corrected chi connectivity index (χ4v) is 5.47. The molecule has 2 aromatic carbocycles. The summed E-state index contributed by atoms with van der Waals surface area (Å²) in [4.78, 5) is 40.8. The summed E-state index contributed by atoms with van der Waals surface area (Å²) in [6, 6.07) is 12.2. The Labute approximate surface area is 225 Å². The quantitative estimate of drug-likeness (QED) is 0.237. The third-order valence-corrected chi connectivity index (χ3v) is 7.40. The van der Waals surface area contributed by atoms with Crippen molar-refractivity contribution in [1.29, 1.82) is 0 Å². The summed E-state index contributed by atoms with van der Waals surface area (Å²) in [5.74, 6) is 0. The van der Waals surface area contributed by atoms with Crippen LogP contribution in [-0.2, 0) is 26.2 Å². The first-order valence-corrected chi connectivity index (χ1v) is 13.5. The lowest BCUT2D eigenvalue weighted by Crippen LogP contribution is -2.52. The second kappa shape index (κ2) is 12.3. The van der Waals surface area contributed by atoms with Crippen LogP contribution in [0.4, 0.5) is 10.5 Å². The van der Waals surface area contributed by atoms with Gasteiger partial charge < -0.3 is 9.64 Å². The summed E-state index contributed by atoms with van der Waals surface area (Å²) < 4.78 is 34.0. The fourth-order valence-electron chi connectivity index (χ4n) is 3.89. The van der Waals surface area contributed by atoms with Crippen LogP contribution in [-0.4, -0.2) is 65.0 Å². The molecule has 0 bridgehead atoms. The van der Waals surface area contributed by atoms with Crippen LogP contribution in [0.15, 0.2) is 71.1 Å². The van der Waals surface area contributed by atoms with Gasteiger partial charge in [0.25, 0.3) is 15.7 Å². The Morgan fingerprint density at radius 2 is 1.72 bits per heavy atom. The Bertz CT molecular complexity index is 1340. The van der Waals surface area contributed by atoms with Crippen LogP contribution in [0.1, 0.15) is 32.8 Å². The molecule has 0 saturated carbocycles. The SMILES string of the molecule is CC(C)(C)OC(=O)N1CC=C(CC[N+](=O)[O-])C(N(OCc2ccccc2)S(=O)(=O)c2ccccc2[N+](=O)[O-])C1. The Morgan fingerprint density at radius 3 is 2.33 bits per heavy atom. The normalized spacial score (nSPS) is 16.1. The molecule has 0 N–H and O–H groups in total. The van der Waals surface area contributed by atoms with E-state index in [-0.39, 0.29) is 26.1 Å². The van der Waals surface area contributed by atoms with Crippen molar-refractivity contribution in [3.05, 3.63) is 92.0 Å². The van der Waals surface area contributed by atoms with Crippen molar-refractivity contribution in [2.24, 2.45) is 0 Å². The molecule has 1 aliphatic rings. The summed E-state index contributed by atoms with van der Waals surface area (Å²) in [5, 5.41) is 22.8. The number of para-hydroxylation sites is 1. The number of nitro benzene ring substituents is 1. The minimum Gasteiger partial charge on any atom is -0.444 e. The molecule has 0 radical (unpaired) electrons. The van der Waals surface area contributed by atoms with Crippen LogP contribution in [0.3, 0.4) is 0 Å². The third-order valence-electron chi connectivity index (χ3n) is 5.66. The van der Waals surface area contributed by atoms with Gasteiger partial charge in [-0.25, -0.2) is 13.2 Å². The summed E-state index contributed by atoms with van der Waals surface area (Å²) in [6.07, 6.45) is 0.676. The van der Waals surface area contributed by atoms with E-state index >= 15 is 0 Å². The van der Waals surface area contributed by atoms with E-state index in [2.05, 4.69) is 0 Å². The predicted octanol–water partition coefficient (Wildman–Crippen LogP) is 3.93. The number of ether oxygens (including phenoxy) is 1. The number of nitrogens with zero attached hydrogens (tertiary/aromatic N) is 4. The van der Waals surface area contributed by atoms with Crippen LogP contribution < -0.4 is 0 Å². The van der Waals surface area contributed by atoms with Crippen molar-refractivity contribution in [2.45, 2.75) is 50.3 Å². The van der Waals surface area contributed by atoms with E-state index < -0.39 is 54.7 Å². The van der Waals surface area contributed by atoms with Gasteiger partial charge in [0.1, 0.15) is 5.60 Å². The fraction of sp³-hybridized carbons (Fsp3) is 0.400. The topological polar surface area (TPSA) is 162 Å². The molecule has 1 aliphatic heterocycles. The number of sulfonamides is 1. The largest absolute Gasteiger partial charge is 0.444 e. The van der Waals surface area contributed by atoms with Crippen molar-refractivity contribution < 1.29 is 32.6 Å².